The monoisotopic (exact) mass is 257 g/mol. The number of nitrogens with zero attached hydrogens (tertiary/aromatic N) is 2. The van der Waals surface area contributed by atoms with Gasteiger partial charge in [0.15, 0.2) is 0 Å². The van der Waals surface area contributed by atoms with Gasteiger partial charge in [0.1, 0.15) is 11.3 Å². The molecule has 0 aliphatic carbocycles. The van der Waals surface area contributed by atoms with E-state index < -0.39 is 0 Å². The lowest BCUT2D eigenvalue weighted by Gasteiger charge is -2.01. The number of fused-ring (bicyclic) bond motifs is 1. The maximum atomic E-state index is 12.3. The number of rotatable bonds is 2. The number of aromatic nitrogens is 3. The van der Waals surface area contributed by atoms with Gasteiger partial charge in [0.05, 0.1) is 5.02 Å². The van der Waals surface area contributed by atoms with Gasteiger partial charge in [-0.1, -0.05) is 11.6 Å². The van der Waals surface area contributed by atoms with Crippen molar-refractivity contribution in [3.05, 3.63) is 59.1 Å². The lowest BCUT2D eigenvalue weighted by Crippen LogP contribution is -2.04. The van der Waals surface area contributed by atoms with E-state index >= 15 is 0 Å². The Bertz CT molecular complexity index is 718. The molecule has 0 bridgehead atoms. The maximum Gasteiger partial charge on any atom is 0.212 e. The summed E-state index contributed by atoms with van der Waals surface area (Å²) in [5.41, 5.74) is 1.64. The maximum absolute atomic E-state index is 12.3. The minimum atomic E-state index is -0.140. The molecule has 0 saturated heterocycles. The molecule has 0 fully saturated rings. The number of ketones is 1. The van der Waals surface area contributed by atoms with Crippen LogP contribution in [0.25, 0.3) is 11.0 Å². The van der Waals surface area contributed by atoms with E-state index in [0.29, 0.717) is 21.9 Å². The summed E-state index contributed by atoms with van der Waals surface area (Å²) < 4.78 is 0. The van der Waals surface area contributed by atoms with Crippen molar-refractivity contribution in [2.24, 2.45) is 0 Å². The number of halogens is 1. The highest BCUT2D eigenvalue weighted by Crippen LogP contribution is 2.18. The highest BCUT2D eigenvalue weighted by molar-refractivity contribution is 6.30. The summed E-state index contributed by atoms with van der Waals surface area (Å²) in [6, 6.07) is 6.78. The van der Waals surface area contributed by atoms with Crippen LogP contribution in [0.2, 0.25) is 5.02 Å². The third-order valence-electron chi connectivity index (χ3n) is 2.66. The fourth-order valence-electron chi connectivity index (χ4n) is 1.81. The first kappa shape index (κ1) is 10.9. The van der Waals surface area contributed by atoms with Gasteiger partial charge in [0, 0.05) is 29.5 Å². The quantitative estimate of drug-likeness (QED) is 0.718. The normalized spacial score (nSPS) is 10.7. The molecular formula is C13H8ClN3O. The third kappa shape index (κ3) is 1.76. The smallest absolute Gasteiger partial charge is 0.212 e. The molecule has 0 saturated carbocycles. The van der Waals surface area contributed by atoms with E-state index in [0.717, 1.165) is 5.39 Å². The first-order valence-corrected chi connectivity index (χ1v) is 5.72. The van der Waals surface area contributed by atoms with Gasteiger partial charge in [0.25, 0.3) is 0 Å². The van der Waals surface area contributed by atoms with Crippen LogP contribution in [0.15, 0.2) is 42.9 Å². The average molecular weight is 258 g/mol. The van der Waals surface area contributed by atoms with Crippen molar-refractivity contribution in [2.75, 3.05) is 0 Å². The SMILES string of the molecule is O=C(c1ccc(Cl)cn1)c1ccnc2[nH]ccc12. The van der Waals surface area contributed by atoms with Crippen molar-refractivity contribution < 1.29 is 4.79 Å². The largest absolute Gasteiger partial charge is 0.346 e. The van der Waals surface area contributed by atoms with Crippen LogP contribution in [-0.4, -0.2) is 20.7 Å². The molecule has 4 nitrogen and oxygen atoms in total. The Hall–Kier alpha value is -2.20. The molecule has 0 radical (unpaired) electrons. The molecular weight excluding hydrogens is 250 g/mol. The number of H-pyrrole nitrogens is 1. The number of hydrogen-bond donors (Lipinski definition) is 1. The zero-order valence-electron chi connectivity index (χ0n) is 9.22. The Labute approximate surface area is 108 Å². The average Bonchev–Trinajstić information content (AvgIpc) is 2.87. The number of hydrogen-bond acceptors (Lipinski definition) is 3. The van der Waals surface area contributed by atoms with E-state index in [2.05, 4.69) is 15.0 Å². The molecule has 0 unspecified atom stereocenters. The van der Waals surface area contributed by atoms with Crippen LogP contribution in [0.1, 0.15) is 16.1 Å². The van der Waals surface area contributed by atoms with Crippen molar-refractivity contribution in [1.82, 2.24) is 15.0 Å². The fraction of sp³-hybridized carbons (Fsp3) is 0. The Balaban J connectivity index is 2.12. The van der Waals surface area contributed by atoms with E-state index in [1.165, 1.54) is 6.20 Å². The zero-order chi connectivity index (χ0) is 12.5. The van der Waals surface area contributed by atoms with Gasteiger partial charge < -0.3 is 4.98 Å². The lowest BCUT2D eigenvalue weighted by molar-refractivity contribution is 0.103. The van der Waals surface area contributed by atoms with Crippen LogP contribution in [-0.2, 0) is 0 Å². The van der Waals surface area contributed by atoms with Crippen LogP contribution in [0.3, 0.4) is 0 Å². The van der Waals surface area contributed by atoms with Crippen molar-refractivity contribution in [3.63, 3.8) is 0 Å². The highest BCUT2D eigenvalue weighted by Gasteiger charge is 2.14. The summed E-state index contributed by atoms with van der Waals surface area (Å²) in [7, 11) is 0. The molecule has 3 aromatic heterocycles. The van der Waals surface area contributed by atoms with E-state index in [-0.39, 0.29) is 5.78 Å². The van der Waals surface area contributed by atoms with Gasteiger partial charge in [-0.15, -0.1) is 0 Å². The van der Waals surface area contributed by atoms with Crippen molar-refractivity contribution >= 4 is 28.4 Å². The van der Waals surface area contributed by atoms with Crippen LogP contribution in [0.5, 0.6) is 0 Å². The summed E-state index contributed by atoms with van der Waals surface area (Å²) in [5.74, 6) is -0.140. The summed E-state index contributed by atoms with van der Waals surface area (Å²) in [6.45, 7) is 0. The van der Waals surface area contributed by atoms with Gasteiger partial charge in [-0.3, -0.25) is 9.78 Å². The van der Waals surface area contributed by atoms with E-state index in [9.17, 15) is 4.79 Å². The molecule has 0 aliphatic rings. The van der Waals surface area contributed by atoms with Gasteiger partial charge in [-0.05, 0) is 24.3 Å². The molecule has 3 heterocycles. The third-order valence-corrected chi connectivity index (χ3v) is 2.89. The van der Waals surface area contributed by atoms with Crippen molar-refractivity contribution in [1.29, 1.82) is 0 Å². The number of aromatic amines is 1. The molecule has 88 valence electrons. The molecule has 0 aromatic carbocycles. The predicted molar refractivity (Wildman–Crippen MR) is 68.8 cm³/mol. The van der Waals surface area contributed by atoms with E-state index in [1.54, 1.807) is 30.6 Å². The van der Waals surface area contributed by atoms with Gasteiger partial charge in [-0.2, -0.15) is 0 Å². The first-order valence-electron chi connectivity index (χ1n) is 5.34. The van der Waals surface area contributed by atoms with Crippen LogP contribution >= 0.6 is 11.6 Å². The number of carbonyl (C=O) groups is 1. The van der Waals surface area contributed by atoms with Crippen LogP contribution < -0.4 is 0 Å². The summed E-state index contributed by atoms with van der Waals surface area (Å²) in [4.78, 5) is 23.5. The molecule has 3 aromatic rings. The van der Waals surface area contributed by atoms with E-state index in [4.69, 9.17) is 11.6 Å². The molecule has 0 spiro atoms. The van der Waals surface area contributed by atoms with Crippen LogP contribution in [0, 0.1) is 0 Å². The molecule has 1 N–H and O–H groups in total. The minimum Gasteiger partial charge on any atom is -0.346 e. The van der Waals surface area contributed by atoms with Gasteiger partial charge in [0.2, 0.25) is 5.78 Å². The Morgan fingerprint density at radius 3 is 2.83 bits per heavy atom. The molecule has 0 atom stereocenters. The predicted octanol–water partition coefficient (Wildman–Crippen LogP) is 2.84. The van der Waals surface area contributed by atoms with Crippen LogP contribution in [0.4, 0.5) is 0 Å². The Morgan fingerprint density at radius 1 is 1.17 bits per heavy atom. The second-order valence-electron chi connectivity index (χ2n) is 3.79. The van der Waals surface area contributed by atoms with Gasteiger partial charge in [-0.25, -0.2) is 4.98 Å². The molecule has 0 amide bonds. The topological polar surface area (TPSA) is 58.6 Å². The fourth-order valence-corrected chi connectivity index (χ4v) is 1.92. The summed E-state index contributed by atoms with van der Waals surface area (Å²) >= 11 is 5.75. The molecule has 3 rings (SSSR count). The summed E-state index contributed by atoms with van der Waals surface area (Å²) in [6.07, 6.45) is 4.82. The van der Waals surface area contributed by atoms with Crippen molar-refractivity contribution in [2.45, 2.75) is 0 Å². The molecule has 0 aliphatic heterocycles. The minimum absolute atomic E-state index is 0.140. The molecule has 5 heteroatoms. The first-order chi connectivity index (χ1) is 8.75. The zero-order valence-corrected chi connectivity index (χ0v) is 9.98. The molecule has 18 heavy (non-hydrogen) atoms. The Morgan fingerprint density at radius 2 is 2.06 bits per heavy atom. The summed E-state index contributed by atoms with van der Waals surface area (Å²) in [5, 5.41) is 1.30. The second-order valence-corrected chi connectivity index (χ2v) is 4.23. The van der Waals surface area contributed by atoms with E-state index in [1.807, 2.05) is 6.07 Å². The number of nitrogens with one attached hydrogen (secondary N) is 1. The highest BCUT2D eigenvalue weighted by atomic mass is 35.5. The van der Waals surface area contributed by atoms with Gasteiger partial charge >= 0.3 is 0 Å². The number of carbonyl (C=O) groups excluding carboxylic acids is 1. The Kier molecular flexibility index (Phi) is 2.57. The standard InChI is InChI=1S/C13H8ClN3O/c14-8-1-2-11(17-7-8)12(18)9-3-5-15-13-10(9)4-6-16-13/h1-7H,(H,15,16). The van der Waals surface area contributed by atoms with Crippen molar-refractivity contribution in [3.8, 4) is 0 Å². The number of pyridine rings is 2. The second kappa shape index (κ2) is 4.23. The lowest BCUT2D eigenvalue weighted by atomic mass is 10.1.